The molecule has 0 bridgehead atoms. The van der Waals surface area contributed by atoms with Crippen molar-refractivity contribution < 1.29 is 14.3 Å². The minimum atomic E-state index is -0.764. The van der Waals surface area contributed by atoms with Crippen LogP contribution in [0.4, 0.5) is 0 Å². The largest absolute Gasteiger partial charge is 0.484 e. The molecule has 1 aliphatic carbocycles. The Morgan fingerprint density at radius 1 is 0.897 bits per heavy atom. The van der Waals surface area contributed by atoms with E-state index in [0.29, 0.717) is 27.8 Å². The number of carbonyl (C=O) groups excluding carboxylic acids is 2. The molecule has 0 saturated heterocycles. The van der Waals surface area contributed by atoms with Crippen molar-refractivity contribution in [1.29, 1.82) is 0 Å². The van der Waals surface area contributed by atoms with Crippen molar-refractivity contribution in [3.05, 3.63) is 99.5 Å². The number of hydrogen-bond acceptors (Lipinski definition) is 3. The standard InChI is InChI=1S/C32H36Cl2N2O3/c1-2-23-16-18-26(19-17-23)39-22-31(37)36(21-27-28(33)14-9-15-29(27)34)30(20-24-10-5-3-6-11-24)32(38)35-25-12-7-4-8-13-25/h3,5-6,9-11,14-19,25,30H,2,4,7-8,12-13,20-22H2,1H3,(H,35,38). The van der Waals surface area contributed by atoms with Crippen LogP contribution >= 0.6 is 23.2 Å². The van der Waals surface area contributed by atoms with E-state index >= 15 is 0 Å². The molecular formula is C32H36Cl2N2O3. The summed E-state index contributed by atoms with van der Waals surface area (Å²) < 4.78 is 5.89. The topological polar surface area (TPSA) is 58.6 Å². The first-order valence-corrected chi connectivity index (χ1v) is 14.5. The lowest BCUT2D eigenvalue weighted by atomic mass is 9.94. The molecule has 39 heavy (non-hydrogen) atoms. The van der Waals surface area contributed by atoms with E-state index in [9.17, 15) is 9.59 Å². The van der Waals surface area contributed by atoms with E-state index in [-0.39, 0.29) is 31.0 Å². The number of rotatable bonds is 11. The quantitative estimate of drug-likeness (QED) is 0.271. The number of amides is 2. The Morgan fingerprint density at radius 3 is 2.21 bits per heavy atom. The zero-order valence-electron chi connectivity index (χ0n) is 22.4. The average molecular weight is 568 g/mol. The second kappa shape index (κ2) is 14.4. The van der Waals surface area contributed by atoms with Gasteiger partial charge in [-0.15, -0.1) is 0 Å². The molecule has 1 saturated carbocycles. The molecule has 4 rings (SSSR count). The second-order valence-corrected chi connectivity index (χ2v) is 10.9. The number of aryl methyl sites for hydroxylation is 1. The molecule has 0 spiro atoms. The van der Waals surface area contributed by atoms with Gasteiger partial charge in [0.25, 0.3) is 5.91 Å². The number of nitrogens with one attached hydrogen (secondary N) is 1. The molecule has 3 aromatic carbocycles. The van der Waals surface area contributed by atoms with Crippen molar-refractivity contribution in [3.63, 3.8) is 0 Å². The second-order valence-electron chi connectivity index (χ2n) is 10.1. The van der Waals surface area contributed by atoms with Gasteiger partial charge in [0.1, 0.15) is 11.8 Å². The maximum absolute atomic E-state index is 13.9. The van der Waals surface area contributed by atoms with Gasteiger partial charge in [-0.25, -0.2) is 0 Å². The summed E-state index contributed by atoms with van der Waals surface area (Å²) in [4.78, 5) is 29.3. The fourth-order valence-electron chi connectivity index (χ4n) is 5.00. The summed E-state index contributed by atoms with van der Waals surface area (Å²) in [5.41, 5.74) is 2.75. The molecule has 1 atom stereocenters. The van der Waals surface area contributed by atoms with Crippen molar-refractivity contribution in [1.82, 2.24) is 10.2 Å². The first-order chi connectivity index (χ1) is 18.9. The summed E-state index contributed by atoms with van der Waals surface area (Å²) in [6.45, 7) is 1.96. The van der Waals surface area contributed by atoms with Crippen molar-refractivity contribution in [3.8, 4) is 5.75 Å². The van der Waals surface area contributed by atoms with E-state index in [4.69, 9.17) is 27.9 Å². The minimum Gasteiger partial charge on any atom is -0.484 e. The first kappa shape index (κ1) is 29.0. The van der Waals surface area contributed by atoms with Crippen LogP contribution in [0, 0.1) is 0 Å². The molecule has 1 unspecified atom stereocenters. The van der Waals surface area contributed by atoms with E-state index in [1.807, 2.05) is 54.6 Å². The maximum atomic E-state index is 13.9. The zero-order valence-corrected chi connectivity index (χ0v) is 23.9. The maximum Gasteiger partial charge on any atom is 0.261 e. The predicted octanol–water partition coefficient (Wildman–Crippen LogP) is 7.02. The van der Waals surface area contributed by atoms with Gasteiger partial charge >= 0.3 is 0 Å². The van der Waals surface area contributed by atoms with Crippen LogP contribution in [0.15, 0.2) is 72.8 Å². The van der Waals surface area contributed by atoms with Crippen LogP contribution in [0.3, 0.4) is 0 Å². The van der Waals surface area contributed by atoms with Gasteiger partial charge in [-0.3, -0.25) is 9.59 Å². The third-order valence-corrected chi connectivity index (χ3v) is 8.01. The van der Waals surface area contributed by atoms with E-state index in [1.165, 1.54) is 12.0 Å². The van der Waals surface area contributed by atoms with Gasteiger partial charge in [0.15, 0.2) is 6.61 Å². The van der Waals surface area contributed by atoms with Gasteiger partial charge in [-0.1, -0.05) is 97.9 Å². The average Bonchev–Trinajstić information content (AvgIpc) is 2.96. The summed E-state index contributed by atoms with van der Waals surface area (Å²) >= 11 is 13.1. The summed E-state index contributed by atoms with van der Waals surface area (Å²) in [6.07, 6.45) is 6.55. The van der Waals surface area contributed by atoms with Crippen LogP contribution in [0.5, 0.6) is 5.75 Å². The summed E-state index contributed by atoms with van der Waals surface area (Å²) in [5.74, 6) is 0.113. The van der Waals surface area contributed by atoms with Crippen LogP contribution in [-0.2, 0) is 29.0 Å². The zero-order chi connectivity index (χ0) is 27.6. The highest BCUT2D eigenvalue weighted by Crippen LogP contribution is 2.28. The van der Waals surface area contributed by atoms with Crippen LogP contribution < -0.4 is 10.1 Å². The van der Waals surface area contributed by atoms with Gasteiger partial charge in [0.2, 0.25) is 5.91 Å². The van der Waals surface area contributed by atoms with Gasteiger partial charge in [0.05, 0.1) is 0 Å². The van der Waals surface area contributed by atoms with E-state index in [1.54, 1.807) is 23.1 Å². The number of hydrogen-bond donors (Lipinski definition) is 1. The Kier molecular flexibility index (Phi) is 10.7. The molecule has 5 nitrogen and oxygen atoms in total. The van der Waals surface area contributed by atoms with Crippen molar-refractivity contribution >= 4 is 35.0 Å². The predicted molar refractivity (Wildman–Crippen MR) is 157 cm³/mol. The Balaban J connectivity index is 1.63. The molecule has 0 aliphatic heterocycles. The molecule has 1 fully saturated rings. The molecule has 2 amide bonds. The number of ether oxygens (including phenoxy) is 1. The molecule has 0 aromatic heterocycles. The number of nitrogens with zero attached hydrogens (tertiary/aromatic N) is 1. The molecule has 206 valence electrons. The summed E-state index contributed by atoms with van der Waals surface area (Å²) in [5, 5.41) is 4.13. The van der Waals surface area contributed by atoms with Gasteiger partial charge in [0, 0.05) is 34.6 Å². The van der Waals surface area contributed by atoms with E-state index in [0.717, 1.165) is 37.7 Å². The van der Waals surface area contributed by atoms with Crippen LogP contribution in [-0.4, -0.2) is 35.4 Å². The highest BCUT2D eigenvalue weighted by molar-refractivity contribution is 6.36. The van der Waals surface area contributed by atoms with Crippen molar-refractivity contribution in [2.24, 2.45) is 0 Å². The Bertz CT molecular complexity index is 1210. The lowest BCUT2D eigenvalue weighted by Gasteiger charge is -2.33. The van der Waals surface area contributed by atoms with Crippen molar-refractivity contribution in [2.45, 2.75) is 70.5 Å². The fourth-order valence-corrected chi connectivity index (χ4v) is 5.52. The SMILES string of the molecule is CCc1ccc(OCC(=O)N(Cc2c(Cl)cccc2Cl)C(Cc2ccccc2)C(=O)NC2CCCCC2)cc1. The number of benzene rings is 3. The Morgan fingerprint density at radius 2 is 1.56 bits per heavy atom. The lowest BCUT2D eigenvalue weighted by molar-refractivity contribution is -0.143. The van der Waals surface area contributed by atoms with Crippen LogP contribution in [0.25, 0.3) is 0 Å². The highest BCUT2D eigenvalue weighted by atomic mass is 35.5. The molecule has 3 aromatic rings. The fraction of sp³-hybridized carbons (Fsp3) is 0.375. The third-order valence-electron chi connectivity index (χ3n) is 7.31. The monoisotopic (exact) mass is 566 g/mol. The highest BCUT2D eigenvalue weighted by Gasteiger charge is 2.33. The Labute approximate surface area is 241 Å². The lowest BCUT2D eigenvalue weighted by Crippen LogP contribution is -2.53. The molecule has 1 aliphatic rings. The van der Waals surface area contributed by atoms with E-state index in [2.05, 4.69) is 12.2 Å². The molecule has 0 radical (unpaired) electrons. The smallest absolute Gasteiger partial charge is 0.261 e. The number of halogens is 2. The number of carbonyl (C=O) groups is 2. The third kappa shape index (κ3) is 8.23. The van der Waals surface area contributed by atoms with Crippen molar-refractivity contribution in [2.75, 3.05) is 6.61 Å². The van der Waals surface area contributed by atoms with Gasteiger partial charge in [-0.05, 0) is 54.7 Å². The van der Waals surface area contributed by atoms with Crippen LogP contribution in [0.2, 0.25) is 10.0 Å². The molecule has 7 heteroatoms. The molecular weight excluding hydrogens is 531 g/mol. The van der Waals surface area contributed by atoms with E-state index < -0.39 is 6.04 Å². The van der Waals surface area contributed by atoms with Crippen LogP contribution in [0.1, 0.15) is 55.7 Å². The Hall–Kier alpha value is -3.02. The van der Waals surface area contributed by atoms with Gasteiger partial charge < -0.3 is 15.0 Å². The summed E-state index contributed by atoms with van der Waals surface area (Å²) in [7, 11) is 0. The minimum absolute atomic E-state index is 0.0884. The summed E-state index contributed by atoms with van der Waals surface area (Å²) in [6, 6.07) is 22.0. The van der Waals surface area contributed by atoms with Gasteiger partial charge in [-0.2, -0.15) is 0 Å². The molecule has 0 heterocycles. The first-order valence-electron chi connectivity index (χ1n) is 13.7. The molecule has 1 N–H and O–H groups in total. The normalized spacial score (nSPS) is 14.4.